The molecule has 1 aromatic heterocycles. The van der Waals surface area contributed by atoms with Crippen molar-refractivity contribution in [3.05, 3.63) is 17.4 Å². The van der Waals surface area contributed by atoms with Crippen LogP contribution in [0.25, 0.3) is 0 Å². The van der Waals surface area contributed by atoms with Gasteiger partial charge in [-0.05, 0) is 19.9 Å². The number of hydrogen-bond donors (Lipinski definition) is 5. The number of piperidine rings is 1. The molecule has 0 radical (unpaired) electrons. The van der Waals surface area contributed by atoms with Gasteiger partial charge < -0.3 is 26.4 Å². The van der Waals surface area contributed by atoms with E-state index in [0.717, 1.165) is 25.9 Å². The van der Waals surface area contributed by atoms with Gasteiger partial charge in [0.05, 0.1) is 29.8 Å². The third kappa shape index (κ3) is 5.91. The first-order valence-electron chi connectivity index (χ1n) is 9.76. The fraction of sp³-hybridized carbons (Fsp3) is 0.667. The number of nitrogens with zero attached hydrogens (tertiary/aromatic N) is 2. The van der Waals surface area contributed by atoms with E-state index in [9.17, 15) is 4.79 Å². The molecule has 2 saturated heterocycles. The predicted molar refractivity (Wildman–Crippen MR) is 114 cm³/mol. The van der Waals surface area contributed by atoms with E-state index in [1.54, 1.807) is 0 Å². The van der Waals surface area contributed by atoms with E-state index in [-0.39, 0.29) is 17.4 Å². The molecule has 3 rings (SSSR count). The van der Waals surface area contributed by atoms with Crippen molar-refractivity contribution in [3.63, 3.8) is 0 Å². The fourth-order valence-corrected chi connectivity index (χ4v) is 3.95. The molecule has 0 saturated carbocycles. The number of amides is 1. The van der Waals surface area contributed by atoms with Gasteiger partial charge in [-0.3, -0.25) is 20.4 Å². The van der Waals surface area contributed by atoms with Crippen molar-refractivity contribution in [1.82, 2.24) is 20.5 Å². The van der Waals surface area contributed by atoms with Crippen molar-refractivity contribution >= 4 is 34.8 Å². The van der Waals surface area contributed by atoms with Crippen LogP contribution in [-0.2, 0) is 4.79 Å². The standard InChI is InChI=1S/C18H29Cl2N7O2/c1-27-4-2-11(3-5-27)29-15-12(20)8-23-9-13(15)26-18(28)14(16(21)22)17-24-6-10(19)7-25-17/h8-11,14,16-17,24-25H,2-7,21-22H2,1H3,(H,26,28). The maximum absolute atomic E-state index is 13.0. The zero-order valence-corrected chi connectivity index (χ0v) is 17.9. The lowest BCUT2D eigenvalue weighted by atomic mass is 10.00. The Morgan fingerprint density at radius 1 is 1.31 bits per heavy atom. The van der Waals surface area contributed by atoms with E-state index in [4.69, 9.17) is 39.4 Å². The Bertz CT molecular complexity index is 693. The van der Waals surface area contributed by atoms with Gasteiger partial charge in [0, 0.05) is 32.4 Å². The average Bonchev–Trinajstić information content (AvgIpc) is 2.67. The van der Waals surface area contributed by atoms with E-state index in [1.165, 1.54) is 12.4 Å². The van der Waals surface area contributed by atoms with Crippen LogP contribution in [-0.4, -0.2) is 72.8 Å². The lowest BCUT2D eigenvalue weighted by Gasteiger charge is -2.35. The van der Waals surface area contributed by atoms with Gasteiger partial charge in [0.1, 0.15) is 16.8 Å². The predicted octanol–water partition coefficient (Wildman–Crippen LogP) is 0.133. The van der Waals surface area contributed by atoms with Crippen LogP contribution >= 0.6 is 23.2 Å². The maximum atomic E-state index is 13.0. The minimum atomic E-state index is -0.878. The summed E-state index contributed by atoms with van der Waals surface area (Å²) in [4.78, 5) is 19.3. The summed E-state index contributed by atoms with van der Waals surface area (Å²) in [6.07, 6.45) is 3.54. The second-order valence-electron chi connectivity index (χ2n) is 7.60. The highest BCUT2D eigenvalue weighted by Crippen LogP contribution is 2.34. The molecule has 0 aliphatic carbocycles. The van der Waals surface area contributed by atoms with E-state index >= 15 is 0 Å². The molecule has 9 nitrogen and oxygen atoms in total. The van der Waals surface area contributed by atoms with Crippen LogP contribution in [0, 0.1) is 5.92 Å². The lowest BCUT2D eigenvalue weighted by Crippen LogP contribution is -2.64. The second kappa shape index (κ2) is 10.2. The number of ether oxygens (including phenoxy) is 1. The number of halogens is 2. The number of nitrogens with one attached hydrogen (secondary N) is 3. The number of carbonyl (C=O) groups is 1. The monoisotopic (exact) mass is 445 g/mol. The normalized spacial score (nSPS) is 25.0. The van der Waals surface area contributed by atoms with Gasteiger partial charge >= 0.3 is 0 Å². The van der Waals surface area contributed by atoms with Gasteiger partial charge in [0.2, 0.25) is 5.91 Å². The van der Waals surface area contributed by atoms with E-state index in [2.05, 4.69) is 32.9 Å². The van der Waals surface area contributed by atoms with Gasteiger partial charge in [0.25, 0.3) is 0 Å². The van der Waals surface area contributed by atoms with E-state index < -0.39 is 18.2 Å². The first-order valence-corrected chi connectivity index (χ1v) is 10.6. The van der Waals surface area contributed by atoms with Crippen LogP contribution in [0.3, 0.4) is 0 Å². The van der Waals surface area contributed by atoms with Crippen LogP contribution in [0.2, 0.25) is 5.02 Å². The van der Waals surface area contributed by atoms with Crippen LogP contribution in [0.1, 0.15) is 12.8 Å². The lowest BCUT2D eigenvalue weighted by molar-refractivity contribution is -0.121. The number of nitrogens with two attached hydrogens (primary N) is 2. The number of likely N-dealkylation sites (tertiary alicyclic amines) is 1. The number of carbonyl (C=O) groups excluding carboxylic acids is 1. The summed E-state index contributed by atoms with van der Waals surface area (Å²) in [6, 6.07) is 0. The van der Waals surface area contributed by atoms with Crippen molar-refractivity contribution in [2.45, 2.75) is 36.7 Å². The highest BCUT2D eigenvalue weighted by atomic mass is 35.5. The van der Waals surface area contributed by atoms with Crippen molar-refractivity contribution in [2.24, 2.45) is 17.4 Å². The minimum Gasteiger partial charge on any atom is -0.486 e. The van der Waals surface area contributed by atoms with Gasteiger partial charge in [-0.15, -0.1) is 11.6 Å². The first kappa shape index (κ1) is 22.5. The average molecular weight is 446 g/mol. The molecule has 0 aromatic carbocycles. The van der Waals surface area contributed by atoms with Gasteiger partial charge in [-0.25, -0.2) is 0 Å². The molecule has 3 heterocycles. The molecule has 162 valence electrons. The number of alkyl halides is 1. The third-order valence-corrected chi connectivity index (χ3v) is 5.83. The molecule has 11 heteroatoms. The van der Waals surface area contributed by atoms with Crippen molar-refractivity contribution < 1.29 is 9.53 Å². The Balaban J connectivity index is 1.72. The summed E-state index contributed by atoms with van der Waals surface area (Å²) in [7, 11) is 2.08. The highest BCUT2D eigenvalue weighted by Gasteiger charge is 2.35. The number of rotatable bonds is 6. The van der Waals surface area contributed by atoms with Gasteiger partial charge in [-0.1, -0.05) is 11.6 Å². The molecule has 1 amide bonds. The van der Waals surface area contributed by atoms with Crippen LogP contribution in [0.5, 0.6) is 5.75 Å². The number of pyridine rings is 1. The Labute approximate surface area is 180 Å². The maximum Gasteiger partial charge on any atom is 0.233 e. The Morgan fingerprint density at radius 2 is 1.97 bits per heavy atom. The minimum absolute atomic E-state index is 0.0247. The SMILES string of the molecule is CN1CCC(Oc2c(Cl)cncc2NC(=O)C(C(N)N)C2NCC(Cl)CN2)CC1. The molecule has 1 unspecified atom stereocenters. The summed E-state index contributed by atoms with van der Waals surface area (Å²) in [6.45, 7) is 3.00. The zero-order valence-electron chi connectivity index (χ0n) is 16.4. The van der Waals surface area contributed by atoms with E-state index in [1.807, 2.05) is 0 Å². The summed E-state index contributed by atoms with van der Waals surface area (Å²) in [5.41, 5.74) is 12.2. The molecule has 29 heavy (non-hydrogen) atoms. The van der Waals surface area contributed by atoms with Crippen molar-refractivity contribution in [1.29, 1.82) is 0 Å². The number of hydrogen-bond acceptors (Lipinski definition) is 8. The molecule has 7 N–H and O–H groups in total. The smallest absolute Gasteiger partial charge is 0.233 e. The fourth-order valence-electron chi connectivity index (χ4n) is 3.57. The van der Waals surface area contributed by atoms with Crippen LogP contribution < -0.4 is 32.2 Å². The third-order valence-electron chi connectivity index (χ3n) is 5.26. The molecule has 2 aliphatic heterocycles. The van der Waals surface area contributed by atoms with Gasteiger partial charge in [-0.2, -0.15) is 0 Å². The van der Waals surface area contributed by atoms with Gasteiger partial charge in [0.15, 0.2) is 5.75 Å². The molecule has 0 spiro atoms. The quantitative estimate of drug-likeness (QED) is 0.308. The molecule has 2 fully saturated rings. The second-order valence-corrected chi connectivity index (χ2v) is 8.63. The molecule has 0 bridgehead atoms. The number of aromatic nitrogens is 1. The topological polar surface area (TPSA) is 131 Å². The zero-order chi connectivity index (χ0) is 21.0. The van der Waals surface area contributed by atoms with Crippen molar-refractivity contribution in [2.75, 3.05) is 38.5 Å². The molecular formula is C18H29Cl2N7O2. The Hall–Kier alpha value is -1.20. The van der Waals surface area contributed by atoms with E-state index in [0.29, 0.717) is 29.5 Å². The number of anilines is 1. The molecule has 2 aliphatic rings. The summed E-state index contributed by atoms with van der Waals surface area (Å²) in [5.74, 6) is -0.663. The summed E-state index contributed by atoms with van der Waals surface area (Å²) < 4.78 is 6.14. The van der Waals surface area contributed by atoms with Crippen LogP contribution in [0.4, 0.5) is 5.69 Å². The van der Waals surface area contributed by atoms with Crippen LogP contribution in [0.15, 0.2) is 12.4 Å². The first-order chi connectivity index (χ1) is 13.8. The highest BCUT2D eigenvalue weighted by molar-refractivity contribution is 6.32. The summed E-state index contributed by atoms with van der Waals surface area (Å²) >= 11 is 12.4. The molecular weight excluding hydrogens is 417 g/mol. The summed E-state index contributed by atoms with van der Waals surface area (Å²) in [5, 5.41) is 9.47. The molecule has 1 atom stereocenters. The van der Waals surface area contributed by atoms with Crippen molar-refractivity contribution in [3.8, 4) is 5.75 Å². The largest absolute Gasteiger partial charge is 0.486 e. The molecule has 1 aromatic rings. The Morgan fingerprint density at radius 3 is 2.59 bits per heavy atom. The Kier molecular flexibility index (Phi) is 7.92.